The lowest BCUT2D eigenvalue weighted by Crippen LogP contribution is -2.47. The predicted octanol–water partition coefficient (Wildman–Crippen LogP) is 12.3. The molecule has 2 atom stereocenters. The van der Waals surface area contributed by atoms with Gasteiger partial charge in [-0.15, -0.1) is 0 Å². The lowest BCUT2D eigenvalue weighted by atomic mass is 9.82. The molecule has 0 unspecified atom stereocenters. The number of fused-ring (bicyclic) bond motifs is 7. The van der Waals surface area contributed by atoms with Crippen LogP contribution in [0.15, 0.2) is 84.9 Å². The molecular weight excluding hydrogens is 632 g/mol. The Balaban J connectivity index is 1.75. The number of rotatable bonds is 8. The van der Waals surface area contributed by atoms with E-state index in [4.69, 9.17) is 0 Å². The average Bonchev–Trinajstić information content (AvgIpc) is 3.21. The number of halogens is 6. The first kappa shape index (κ1) is 30.4. The largest absolute Gasteiger partial charge is 0.316 e. The van der Waals surface area contributed by atoms with Crippen molar-refractivity contribution >= 4 is 21.5 Å². The molecule has 6 aromatic carbocycles. The van der Waals surface area contributed by atoms with Crippen LogP contribution in [0.25, 0.3) is 54.9 Å². The topological polar surface area (TPSA) is 0 Å². The van der Waals surface area contributed by atoms with Gasteiger partial charge in [0.25, 0.3) is 0 Å². The van der Waals surface area contributed by atoms with E-state index < -0.39 is 47.9 Å². The first-order valence-corrected chi connectivity index (χ1v) is 16.6. The maximum atomic E-state index is 15.0. The zero-order chi connectivity index (χ0) is 36.2. The number of quaternary nitrogens is 1. The Morgan fingerprint density at radius 2 is 0.918 bits per heavy atom. The summed E-state index contributed by atoms with van der Waals surface area (Å²) in [6, 6.07) is 22.0. The number of benzene rings is 6. The molecule has 0 fully saturated rings. The van der Waals surface area contributed by atoms with Gasteiger partial charge in [-0.3, -0.25) is 0 Å². The molecule has 0 bridgehead atoms. The fraction of sp³-hybridized carbons (Fsp3) is 0.238. The van der Waals surface area contributed by atoms with Gasteiger partial charge in [-0.25, -0.2) is 26.3 Å². The maximum Gasteiger partial charge on any atom is 0.194 e. The Labute approximate surface area is 284 Å². The van der Waals surface area contributed by atoms with Gasteiger partial charge in [0.15, 0.2) is 34.9 Å². The molecule has 0 spiro atoms. The van der Waals surface area contributed by atoms with Crippen LogP contribution in [0.2, 0.25) is 0 Å². The van der Waals surface area contributed by atoms with Crippen LogP contribution >= 0.6 is 0 Å². The van der Waals surface area contributed by atoms with E-state index in [1.54, 1.807) is 12.1 Å². The number of unbranched alkanes of at least 4 members (excludes halogenated alkanes) is 2. The van der Waals surface area contributed by atoms with Gasteiger partial charge < -0.3 is 4.48 Å². The monoisotopic (exact) mass is 670 g/mol. The fourth-order valence-electron chi connectivity index (χ4n) is 7.26. The number of hydrogen-bond acceptors (Lipinski definition) is 0. The normalized spacial score (nSPS) is 17.4. The zero-order valence-electron chi connectivity index (χ0n) is 29.2. The highest BCUT2D eigenvalue weighted by molar-refractivity contribution is 6.11. The van der Waals surface area contributed by atoms with Gasteiger partial charge in [0, 0.05) is 22.3 Å². The summed E-state index contributed by atoms with van der Waals surface area (Å²) in [6.07, 6.45) is 2.79. The molecule has 0 amide bonds. The Bertz CT molecular complexity index is 2110. The van der Waals surface area contributed by atoms with Crippen LogP contribution in [0, 0.1) is 34.9 Å². The second kappa shape index (κ2) is 13.0. The van der Waals surface area contributed by atoms with E-state index in [1.165, 1.54) is 0 Å². The molecule has 0 aliphatic carbocycles. The van der Waals surface area contributed by atoms with Crippen molar-refractivity contribution in [2.24, 2.45) is 0 Å². The van der Waals surface area contributed by atoms with Gasteiger partial charge in [-0.1, -0.05) is 75.2 Å². The van der Waals surface area contributed by atoms with Gasteiger partial charge in [-0.05, 0) is 93.0 Å². The summed E-state index contributed by atoms with van der Waals surface area (Å²) in [5.74, 6) is -8.68. The summed E-state index contributed by atoms with van der Waals surface area (Å²) in [6.45, 7) is 2.43. The van der Waals surface area contributed by atoms with E-state index >= 15 is 0 Å². The minimum Gasteiger partial charge on any atom is -0.316 e. The van der Waals surface area contributed by atoms with Crippen molar-refractivity contribution < 1.29 is 33.6 Å². The van der Waals surface area contributed by atoms with E-state index in [0.717, 1.165) is 37.1 Å². The van der Waals surface area contributed by atoms with Crippen molar-refractivity contribution in [2.75, 3.05) is 13.1 Å². The molecule has 0 radical (unpaired) electrons. The molecule has 7 heteroatoms. The third-order valence-electron chi connectivity index (χ3n) is 9.65. The van der Waals surface area contributed by atoms with Gasteiger partial charge in [0.2, 0.25) is 0 Å². The summed E-state index contributed by atoms with van der Waals surface area (Å²) in [7, 11) is 0. The van der Waals surface area contributed by atoms with E-state index in [1.807, 2.05) is 62.4 Å². The van der Waals surface area contributed by atoms with Crippen molar-refractivity contribution in [3.05, 3.63) is 131 Å². The molecule has 1 aliphatic rings. The molecule has 0 saturated carbocycles. The van der Waals surface area contributed by atoms with Gasteiger partial charge >= 0.3 is 0 Å². The third kappa shape index (κ3) is 5.78. The molecule has 1 nitrogen and oxygen atoms in total. The smallest absolute Gasteiger partial charge is 0.194 e. The summed E-state index contributed by atoms with van der Waals surface area (Å²) in [5.41, 5.74) is 2.67. The zero-order valence-corrected chi connectivity index (χ0v) is 27.2. The standard InChI is InChI=1S/C42H36F6N/c1-3-5-15-49(16-6-4-2)23-33-31(27-19-35(43)41(47)36(44)20-27)17-25-11-7-9-13-29(25)39(33)40-30-14-10-8-12-26(30)18-32(34(40)24-49)28-21-37(45)42(48)38(46)22-28/h7-14,17-22H,3-6,15-16,23-24H2,1-2H3/q+1/i23D,24D/t23-,24-/m0/s1. The summed E-state index contributed by atoms with van der Waals surface area (Å²) in [5, 5.41) is 2.75. The molecule has 0 N–H and O–H groups in total. The Hall–Kier alpha value is -4.62. The molecule has 1 heterocycles. The molecule has 49 heavy (non-hydrogen) atoms. The molecule has 0 aromatic heterocycles. The summed E-state index contributed by atoms with van der Waals surface area (Å²) < 4.78 is 109. The second-order valence-electron chi connectivity index (χ2n) is 12.9. The highest BCUT2D eigenvalue weighted by Crippen LogP contribution is 2.50. The van der Waals surface area contributed by atoms with Gasteiger partial charge in [0.1, 0.15) is 13.0 Å². The van der Waals surface area contributed by atoms with Crippen molar-refractivity contribution in [3.8, 4) is 33.4 Å². The van der Waals surface area contributed by atoms with Crippen LogP contribution in [0.5, 0.6) is 0 Å². The first-order chi connectivity index (χ1) is 24.5. The van der Waals surface area contributed by atoms with Crippen molar-refractivity contribution in [2.45, 2.75) is 52.6 Å². The molecular formula is C42H36F6N+. The van der Waals surface area contributed by atoms with Crippen molar-refractivity contribution in [1.82, 2.24) is 0 Å². The van der Waals surface area contributed by atoms with Crippen molar-refractivity contribution in [3.63, 3.8) is 0 Å². The average molecular weight is 671 g/mol. The van der Waals surface area contributed by atoms with Crippen LogP contribution in [-0.4, -0.2) is 17.6 Å². The second-order valence-corrected chi connectivity index (χ2v) is 12.9. The first-order valence-electron chi connectivity index (χ1n) is 17.8. The summed E-state index contributed by atoms with van der Waals surface area (Å²) in [4.78, 5) is 0. The Morgan fingerprint density at radius 1 is 0.551 bits per heavy atom. The Kier molecular flexibility index (Phi) is 8.08. The lowest BCUT2D eigenvalue weighted by Gasteiger charge is -2.39. The molecule has 0 saturated heterocycles. The van der Waals surface area contributed by atoms with Crippen LogP contribution < -0.4 is 0 Å². The fourth-order valence-corrected chi connectivity index (χ4v) is 7.26. The van der Waals surface area contributed by atoms with E-state index in [0.29, 0.717) is 80.9 Å². The van der Waals surface area contributed by atoms with E-state index in [9.17, 15) is 29.1 Å². The molecule has 1 aliphatic heterocycles. The highest BCUT2D eigenvalue weighted by atomic mass is 19.2. The van der Waals surface area contributed by atoms with Crippen molar-refractivity contribution in [1.29, 1.82) is 0 Å². The van der Waals surface area contributed by atoms with E-state index in [-0.39, 0.29) is 15.6 Å². The molecule has 7 rings (SSSR count). The summed E-state index contributed by atoms with van der Waals surface area (Å²) >= 11 is 0. The van der Waals surface area contributed by atoms with Gasteiger partial charge in [-0.2, -0.15) is 0 Å². The van der Waals surface area contributed by atoms with E-state index in [2.05, 4.69) is 0 Å². The quantitative estimate of drug-likeness (QED) is 0.0859. The lowest BCUT2D eigenvalue weighted by molar-refractivity contribution is -0.953. The van der Waals surface area contributed by atoms with Crippen LogP contribution in [0.4, 0.5) is 26.3 Å². The van der Waals surface area contributed by atoms with Crippen LogP contribution in [-0.2, 0) is 13.0 Å². The highest BCUT2D eigenvalue weighted by Gasteiger charge is 2.38. The van der Waals surface area contributed by atoms with Crippen LogP contribution in [0.3, 0.4) is 0 Å². The minimum absolute atomic E-state index is 0.0443. The van der Waals surface area contributed by atoms with Crippen LogP contribution in [0.1, 0.15) is 53.4 Å². The Morgan fingerprint density at radius 3 is 1.29 bits per heavy atom. The molecule has 6 aromatic rings. The SMILES string of the molecule is [2H][C@H]1c2c(-c3cc(F)c(F)c(F)c3)cc3ccccc3c2-c2c(c(-c3cc(F)c(F)c(F)c3)cc3ccccc23)[C@H]([2H])[N+]1(CCCC)CCCC. The predicted molar refractivity (Wildman–Crippen MR) is 185 cm³/mol. The number of nitrogens with zero attached hydrogens (tertiary/aromatic N) is 1. The third-order valence-corrected chi connectivity index (χ3v) is 9.65. The maximum absolute atomic E-state index is 15.0. The van der Waals surface area contributed by atoms with Gasteiger partial charge in [0.05, 0.1) is 15.8 Å². The minimum atomic E-state index is -1.60. The number of hydrogen-bond donors (Lipinski definition) is 0. The molecule has 250 valence electrons.